The van der Waals surface area contributed by atoms with Gasteiger partial charge in [0.15, 0.2) is 0 Å². The average molecular weight is 348 g/mol. The van der Waals surface area contributed by atoms with Crippen molar-refractivity contribution in [2.24, 2.45) is 5.92 Å². The lowest BCUT2D eigenvalue weighted by Gasteiger charge is -2.35. The molecular formula is C22H39N2O+. The summed E-state index contributed by atoms with van der Waals surface area (Å²) < 4.78 is 1.14. The van der Waals surface area contributed by atoms with Gasteiger partial charge in [0.1, 0.15) is 0 Å². The Kier molecular flexibility index (Phi) is 9.20. The normalized spacial score (nSPS) is 13.1. The first-order valence-electron chi connectivity index (χ1n) is 10.1. The van der Waals surface area contributed by atoms with Gasteiger partial charge in [-0.15, -0.1) is 0 Å². The summed E-state index contributed by atoms with van der Waals surface area (Å²) in [6.07, 6.45) is 2.13. The van der Waals surface area contributed by atoms with Crippen LogP contribution in [0.2, 0.25) is 0 Å². The van der Waals surface area contributed by atoms with Crippen LogP contribution in [0.1, 0.15) is 65.0 Å². The molecule has 0 aromatic heterocycles. The Morgan fingerprint density at radius 3 is 2.04 bits per heavy atom. The van der Waals surface area contributed by atoms with Crippen LogP contribution in [-0.2, 0) is 11.2 Å². The number of quaternary nitrogens is 1. The van der Waals surface area contributed by atoms with Crippen molar-refractivity contribution in [1.82, 2.24) is 5.32 Å². The van der Waals surface area contributed by atoms with E-state index in [0.717, 1.165) is 36.0 Å². The van der Waals surface area contributed by atoms with Crippen LogP contribution in [0.25, 0.3) is 0 Å². The average Bonchev–Trinajstić information content (AvgIpc) is 2.62. The molecule has 142 valence electrons. The highest BCUT2D eigenvalue weighted by molar-refractivity contribution is 5.83. The highest BCUT2D eigenvalue weighted by Crippen LogP contribution is 2.17. The largest absolute Gasteiger partial charge is 0.355 e. The molecule has 0 spiro atoms. The Morgan fingerprint density at radius 2 is 1.56 bits per heavy atom. The zero-order chi connectivity index (χ0) is 18.9. The number of amides is 1. The zero-order valence-corrected chi connectivity index (χ0v) is 17.3. The van der Waals surface area contributed by atoms with Crippen LogP contribution in [-0.4, -0.2) is 43.1 Å². The van der Waals surface area contributed by atoms with Gasteiger partial charge in [-0.25, -0.2) is 0 Å². The van der Waals surface area contributed by atoms with Crippen molar-refractivity contribution in [3.8, 4) is 0 Å². The van der Waals surface area contributed by atoms with E-state index in [1.165, 1.54) is 25.2 Å². The number of nitrogens with zero attached hydrogens (tertiary/aromatic N) is 1. The van der Waals surface area contributed by atoms with E-state index >= 15 is 0 Å². The van der Waals surface area contributed by atoms with E-state index in [4.69, 9.17) is 0 Å². The molecule has 3 nitrogen and oxygen atoms in total. The molecule has 0 unspecified atom stereocenters. The van der Waals surface area contributed by atoms with Crippen molar-refractivity contribution in [2.75, 3.05) is 32.7 Å². The number of hydrogen-bond donors (Lipinski definition) is 1. The molecule has 3 heteroatoms. The summed E-state index contributed by atoms with van der Waals surface area (Å²) in [5, 5.41) is 3.12. The van der Waals surface area contributed by atoms with E-state index in [0.29, 0.717) is 5.92 Å². The molecule has 1 aromatic rings. The second-order valence-electron chi connectivity index (χ2n) is 7.72. The van der Waals surface area contributed by atoms with Gasteiger partial charge in [0.2, 0.25) is 5.91 Å². The quantitative estimate of drug-likeness (QED) is 0.467. The van der Waals surface area contributed by atoms with Crippen molar-refractivity contribution in [2.45, 2.75) is 60.3 Å². The van der Waals surface area contributed by atoms with Gasteiger partial charge in [0.25, 0.3) is 0 Å². The highest BCUT2D eigenvalue weighted by atomic mass is 16.1. The molecule has 1 aromatic carbocycles. The van der Waals surface area contributed by atoms with Gasteiger partial charge < -0.3 is 9.80 Å². The monoisotopic (exact) mass is 347 g/mol. The van der Waals surface area contributed by atoms with Gasteiger partial charge in [-0.2, -0.15) is 0 Å². The Bertz CT molecular complexity index is 495. The van der Waals surface area contributed by atoms with Gasteiger partial charge in [-0.3, -0.25) is 4.79 Å². The van der Waals surface area contributed by atoms with Gasteiger partial charge in [-0.1, -0.05) is 38.1 Å². The molecule has 1 N–H and O–H groups in total. The van der Waals surface area contributed by atoms with Gasteiger partial charge in [0.05, 0.1) is 32.1 Å². The molecule has 0 aliphatic carbocycles. The maximum absolute atomic E-state index is 12.4. The second kappa shape index (κ2) is 10.6. The minimum atomic E-state index is -0.0872. The van der Waals surface area contributed by atoms with Crippen LogP contribution < -0.4 is 5.32 Å². The number of benzene rings is 1. The Morgan fingerprint density at radius 1 is 1.00 bits per heavy atom. The van der Waals surface area contributed by atoms with Crippen LogP contribution in [0.4, 0.5) is 0 Å². The van der Waals surface area contributed by atoms with Crippen LogP contribution in [0.5, 0.6) is 0 Å². The summed E-state index contributed by atoms with van der Waals surface area (Å²) in [6.45, 7) is 18.7. The lowest BCUT2D eigenvalue weighted by atomic mass is 9.96. The van der Waals surface area contributed by atoms with Crippen molar-refractivity contribution in [3.05, 3.63) is 35.4 Å². The molecule has 0 aliphatic heterocycles. The summed E-state index contributed by atoms with van der Waals surface area (Å²) in [5.74, 6) is 0.710. The molecule has 0 fully saturated rings. The SMILES string of the molecule is CC[N+](CC)(CC)CCCNC(=O)[C@H](C)c1ccc(CC(C)C)cc1. The van der Waals surface area contributed by atoms with Crippen molar-refractivity contribution < 1.29 is 9.28 Å². The van der Waals surface area contributed by atoms with E-state index in [9.17, 15) is 4.79 Å². The predicted octanol–water partition coefficient (Wildman–Crippen LogP) is 4.37. The lowest BCUT2D eigenvalue weighted by molar-refractivity contribution is -0.923. The summed E-state index contributed by atoms with van der Waals surface area (Å²) >= 11 is 0. The topological polar surface area (TPSA) is 29.1 Å². The summed E-state index contributed by atoms with van der Waals surface area (Å²) in [6, 6.07) is 8.54. The molecular weight excluding hydrogens is 308 g/mol. The fourth-order valence-electron chi connectivity index (χ4n) is 3.49. The first-order valence-corrected chi connectivity index (χ1v) is 10.1. The molecule has 1 rings (SSSR count). The van der Waals surface area contributed by atoms with E-state index in [1.54, 1.807) is 0 Å². The number of nitrogens with one attached hydrogen (secondary N) is 1. The summed E-state index contributed by atoms with van der Waals surface area (Å²) in [7, 11) is 0. The van der Waals surface area contributed by atoms with Crippen LogP contribution >= 0.6 is 0 Å². The zero-order valence-electron chi connectivity index (χ0n) is 17.3. The molecule has 0 saturated heterocycles. The first kappa shape index (κ1) is 21.7. The Hall–Kier alpha value is -1.35. The number of carbonyl (C=O) groups excluding carboxylic acids is 1. The fourth-order valence-corrected chi connectivity index (χ4v) is 3.49. The van der Waals surface area contributed by atoms with Crippen LogP contribution in [0, 0.1) is 5.92 Å². The minimum Gasteiger partial charge on any atom is -0.355 e. The third-order valence-electron chi connectivity index (χ3n) is 5.64. The molecule has 0 heterocycles. The predicted molar refractivity (Wildman–Crippen MR) is 108 cm³/mol. The molecule has 0 saturated carbocycles. The summed E-state index contributed by atoms with van der Waals surface area (Å²) in [5.41, 5.74) is 2.45. The third kappa shape index (κ3) is 6.81. The van der Waals surface area contributed by atoms with Crippen molar-refractivity contribution in [3.63, 3.8) is 0 Å². The molecule has 0 aliphatic rings. The maximum atomic E-state index is 12.4. The van der Waals surface area contributed by atoms with Gasteiger partial charge in [-0.05, 0) is 51.2 Å². The molecule has 0 bridgehead atoms. The van der Waals surface area contributed by atoms with E-state index in [2.05, 4.69) is 64.2 Å². The van der Waals surface area contributed by atoms with Gasteiger partial charge in [0, 0.05) is 13.0 Å². The minimum absolute atomic E-state index is 0.0872. The highest BCUT2D eigenvalue weighted by Gasteiger charge is 2.20. The van der Waals surface area contributed by atoms with Gasteiger partial charge >= 0.3 is 0 Å². The Balaban J connectivity index is 2.46. The third-order valence-corrected chi connectivity index (χ3v) is 5.64. The van der Waals surface area contributed by atoms with E-state index in [1.807, 2.05) is 6.92 Å². The Labute approximate surface area is 155 Å². The molecule has 25 heavy (non-hydrogen) atoms. The molecule has 0 radical (unpaired) electrons. The number of carbonyl (C=O) groups is 1. The smallest absolute Gasteiger partial charge is 0.227 e. The van der Waals surface area contributed by atoms with Crippen molar-refractivity contribution in [1.29, 1.82) is 0 Å². The second-order valence-corrected chi connectivity index (χ2v) is 7.72. The number of rotatable bonds is 11. The van der Waals surface area contributed by atoms with Crippen LogP contribution in [0.3, 0.4) is 0 Å². The summed E-state index contributed by atoms with van der Waals surface area (Å²) in [4.78, 5) is 12.4. The molecule has 1 atom stereocenters. The first-order chi connectivity index (χ1) is 11.9. The van der Waals surface area contributed by atoms with Crippen molar-refractivity contribution >= 4 is 5.91 Å². The number of hydrogen-bond acceptors (Lipinski definition) is 1. The van der Waals surface area contributed by atoms with E-state index < -0.39 is 0 Å². The maximum Gasteiger partial charge on any atom is 0.227 e. The standard InChI is InChI=1S/C22H38N2O/c1-7-24(8-2,9-3)16-10-15-23-22(25)19(6)21-13-11-20(12-14-21)17-18(4)5/h11-14,18-19H,7-10,15-17H2,1-6H3/p+1/t19-/m1/s1. The molecule has 1 amide bonds. The van der Waals surface area contributed by atoms with Crippen LogP contribution in [0.15, 0.2) is 24.3 Å². The van der Waals surface area contributed by atoms with E-state index in [-0.39, 0.29) is 11.8 Å². The fraction of sp³-hybridized carbons (Fsp3) is 0.682. The lowest BCUT2D eigenvalue weighted by Crippen LogP contribution is -2.49.